The SMILES string of the molecule is Nc1cc(OC(F)(F)C(F)Cl)ccc1F. The lowest BCUT2D eigenvalue weighted by molar-refractivity contribution is -0.199. The first-order chi connectivity index (χ1) is 6.83. The van der Waals surface area contributed by atoms with Crippen LogP contribution in [-0.4, -0.2) is 11.7 Å². The standard InChI is InChI=1S/C8H6ClF4NO/c9-7(11)8(12,13)15-4-1-2-5(10)6(14)3-4/h1-3,7H,14H2. The Balaban J connectivity index is 2.86. The molecule has 0 bridgehead atoms. The van der Waals surface area contributed by atoms with Gasteiger partial charge in [-0.15, -0.1) is 0 Å². The fraction of sp³-hybridized carbons (Fsp3) is 0.250. The Labute approximate surface area is 87.6 Å². The van der Waals surface area contributed by atoms with Gasteiger partial charge in [0, 0.05) is 6.07 Å². The van der Waals surface area contributed by atoms with E-state index in [4.69, 9.17) is 5.73 Å². The van der Waals surface area contributed by atoms with Gasteiger partial charge in [0.1, 0.15) is 11.6 Å². The molecule has 1 aromatic carbocycles. The van der Waals surface area contributed by atoms with Crippen LogP contribution in [0.3, 0.4) is 0 Å². The molecule has 84 valence electrons. The molecule has 0 heterocycles. The van der Waals surface area contributed by atoms with Gasteiger partial charge in [-0.2, -0.15) is 8.78 Å². The Morgan fingerprint density at radius 2 is 2.00 bits per heavy atom. The first-order valence-corrected chi connectivity index (χ1v) is 4.16. The van der Waals surface area contributed by atoms with E-state index in [2.05, 4.69) is 16.3 Å². The molecule has 1 unspecified atom stereocenters. The molecule has 7 heteroatoms. The van der Waals surface area contributed by atoms with E-state index in [0.717, 1.165) is 18.2 Å². The average Bonchev–Trinajstić information content (AvgIpc) is 2.10. The predicted octanol–water partition coefficient (Wildman–Crippen LogP) is 2.91. The van der Waals surface area contributed by atoms with Crippen molar-refractivity contribution in [3.05, 3.63) is 24.0 Å². The minimum atomic E-state index is -4.19. The molecule has 0 aliphatic heterocycles. The number of nitrogen functional groups attached to an aromatic ring is 1. The van der Waals surface area contributed by atoms with Gasteiger partial charge in [0.2, 0.25) is 0 Å². The summed E-state index contributed by atoms with van der Waals surface area (Å²) in [6.45, 7) is 0. The number of benzene rings is 1. The maximum Gasteiger partial charge on any atom is 0.444 e. The molecule has 1 atom stereocenters. The number of anilines is 1. The van der Waals surface area contributed by atoms with Crippen LogP contribution in [0.2, 0.25) is 0 Å². The number of nitrogens with two attached hydrogens (primary N) is 1. The van der Waals surface area contributed by atoms with Gasteiger partial charge in [-0.1, -0.05) is 11.6 Å². The first kappa shape index (κ1) is 11.9. The molecule has 0 fully saturated rings. The topological polar surface area (TPSA) is 35.2 Å². The fourth-order valence-corrected chi connectivity index (χ4v) is 0.832. The van der Waals surface area contributed by atoms with Gasteiger partial charge in [-0.05, 0) is 12.1 Å². The summed E-state index contributed by atoms with van der Waals surface area (Å²) >= 11 is 4.54. The zero-order chi connectivity index (χ0) is 11.6. The van der Waals surface area contributed by atoms with Crippen molar-refractivity contribution in [3.63, 3.8) is 0 Å². The smallest absolute Gasteiger partial charge is 0.429 e. The molecule has 0 saturated heterocycles. The second kappa shape index (κ2) is 4.14. The Bertz CT molecular complexity index is 358. The highest BCUT2D eigenvalue weighted by molar-refractivity contribution is 6.20. The first-order valence-electron chi connectivity index (χ1n) is 3.73. The predicted molar refractivity (Wildman–Crippen MR) is 47.1 cm³/mol. The van der Waals surface area contributed by atoms with Crippen LogP contribution in [0.5, 0.6) is 5.75 Å². The molecular formula is C8H6ClF4NO. The molecule has 0 aromatic heterocycles. The second-order valence-corrected chi connectivity index (χ2v) is 3.03. The van der Waals surface area contributed by atoms with Crippen molar-refractivity contribution in [1.29, 1.82) is 0 Å². The van der Waals surface area contributed by atoms with Crippen LogP contribution in [-0.2, 0) is 0 Å². The van der Waals surface area contributed by atoms with Gasteiger partial charge >= 0.3 is 6.11 Å². The number of halogens is 5. The number of hydrogen-bond acceptors (Lipinski definition) is 2. The molecule has 15 heavy (non-hydrogen) atoms. The molecule has 2 nitrogen and oxygen atoms in total. The summed E-state index contributed by atoms with van der Waals surface area (Å²) in [5, 5.41) is 0. The third-order valence-corrected chi connectivity index (χ3v) is 1.73. The van der Waals surface area contributed by atoms with Gasteiger partial charge in [0.05, 0.1) is 5.69 Å². The van der Waals surface area contributed by atoms with E-state index in [1.807, 2.05) is 0 Å². The molecule has 0 radical (unpaired) electrons. The Morgan fingerprint density at radius 1 is 1.40 bits per heavy atom. The second-order valence-electron chi connectivity index (χ2n) is 2.65. The summed E-state index contributed by atoms with van der Waals surface area (Å²) in [6.07, 6.45) is -4.19. The van der Waals surface area contributed by atoms with E-state index >= 15 is 0 Å². The molecule has 1 aromatic rings. The third-order valence-electron chi connectivity index (χ3n) is 1.48. The maximum absolute atomic E-state index is 12.6. The molecule has 0 aliphatic carbocycles. The normalized spacial score (nSPS) is 13.7. The van der Waals surface area contributed by atoms with E-state index in [1.165, 1.54) is 0 Å². The Morgan fingerprint density at radius 3 is 2.47 bits per heavy atom. The lowest BCUT2D eigenvalue weighted by Gasteiger charge is -2.17. The largest absolute Gasteiger partial charge is 0.444 e. The van der Waals surface area contributed by atoms with Crippen LogP contribution in [0.25, 0.3) is 0 Å². The quantitative estimate of drug-likeness (QED) is 0.503. The van der Waals surface area contributed by atoms with Crippen LogP contribution in [0.15, 0.2) is 18.2 Å². The summed E-state index contributed by atoms with van der Waals surface area (Å²) in [5.41, 5.74) is 1.71. The van der Waals surface area contributed by atoms with Crippen molar-refractivity contribution in [1.82, 2.24) is 0 Å². The molecular weight excluding hydrogens is 238 g/mol. The van der Waals surface area contributed by atoms with Gasteiger partial charge in [-0.3, -0.25) is 0 Å². The molecule has 0 saturated carbocycles. The highest BCUT2D eigenvalue weighted by atomic mass is 35.5. The number of alkyl halides is 4. The number of hydrogen-bond donors (Lipinski definition) is 1. The molecule has 2 N–H and O–H groups in total. The van der Waals surface area contributed by atoms with Crippen molar-refractivity contribution in [3.8, 4) is 5.75 Å². The van der Waals surface area contributed by atoms with Gasteiger partial charge in [0.15, 0.2) is 0 Å². The monoisotopic (exact) mass is 243 g/mol. The van der Waals surface area contributed by atoms with Gasteiger partial charge in [-0.25, -0.2) is 8.78 Å². The summed E-state index contributed by atoms with van der Waals surface area (Å²) in [5.74, 6) is -1.25. The lowest BCUT2D eigenvalue weighted by Crippen LogP contribution is -2.32. The van der Waals surface area contributed by atoms with Crippen LogP contribution in [0, 0.1) is 5.82 Å². The highest BCUT2D eigenvalue weighted by Gasteiger charge is 2.42. The zero-order valence-corrected chi connectivity index (χ0v) is 7.94. The highest BCUT2D eigenvalue weighted by Crippen LogP contribution is 2.30. The lowest BCUT2D eigenvalue weighted by atomic mass is 10.3. The van der Waals surface area contributed by atoms with Crippen LogP contribution >= 0.6 is 11.6 Å². The van der Waals surface area contributed by atoms with Gasteiger partial charge in [0.25, 0.3) is 5.63 Å². The minimum Gasteiger partial charge on any atom is -0.429 e. The Kier molecular flexibility index (Phi) is 3.28. The summed E-state index contributed by atoms with van der Waals surface area (Å²) in [7, 11) is 0. The number of ether oxygens (including phenoxy) is 1. The van der Waals surface area contributed by atoms with Gasteiger partial charge < -0.3 is 10.5 Å². The van der Waals surface area contributed by atoms with Crippen molar-refractivity contribution < 1.29 is 22.3 Å². The van der Waals surface area contributed by atoms with Crippen molar-refractivity contribution in [2.75, 3.05) is 5.73 Å². The summed E-state index contributed by atoms with van der Waals surface area (Å²) in [6, 6.07) is 2.52. The minimum absolute atomic E-state index is 0.381. The molecule has 1 rings (SSSR count). The summed E-state index contributed by atoms with van der Waals surface area (Å²) in [4.78, 5) is 0. The Hall–Kier alpha value is -1.17. The van der Waals surface area contributed by atoms with Crippen molar-refractivity contribution in [2.24, 2.45) is 0 Å². The van der Waals surface area contributed by atoms with E-state index in [0.29, 0.717) is 0 Å². The van der Waals surface area contributed by atoms with E-state index in [-0.39, 0.29) is 5.69 Å². The summed E-state index contributed by atoms with van der Waals surface area (Å²) < 4.78 is 53.9. The van der Waals surface area contributed by atoms with E-state index in [1.54, 1.807) is 0 Å². The number of rotatable bonds is 3. The van der Waals surface area contributed by atoms with E-state index < -0.39 is 23.3 Å². The van der Waals surface area contributed by atoms with Crippen LogP contribution in [0.4, 0.5) is 23.2 Å². The zero-order valence-electron chi connectivity index (χ0n) is 7.18. The fourth-order valence-electron chi connectivity index (χ4n) is 0.787. The van der Waals surface area contributed by atoms with Crippen LogP contribution < -0.4 is 10.5 Å². The molecule has 0 spiro atoms. The van der Waals surface area contributed by atoms with E-state index in [9.17, 15) is 17.6 Å². The third kappa shape index (κ3) is 2.89. The maximum atomic E-state index is 12.6. The van der Waals surface area contributed by atoms with Crippen molar-refractivity contribution in [2.45, 2.75) is 11.7 Å². The van der Waals surface area contributed by atoms with Crippen molar-refractivity contribution >= 4 is 17.3 Å². The molecule has 0 aliphatic rings. The average molecular weight is 244 g/mol. The molecule has 0 amide bonds. The van der Waals surface area contributed by atoms with Crippen LogP contribution in [0.1, 0.15) is 0 Å².